The molecule has 6 nitrogen and oxygen atoms in total. The number of likely N-dealkylation sites (tertiary alicyclic amines) is 1. The monoisotopic (exact) mass is 357 g/mol. The molecule has 0 saturated carbocycles. The van der Waals surface area contributed by atoms with E-state index in [0.29, 0.717) is 0 Å². The van der Waals surface area contributed by atoms with Gasteiger partial charge in [0.05, 0.1) is 19.3 Å². The van der Waals surface area contributed by atoms with Crippen molar-refractivity contribution in [3.8, 4) is 0 Å². The summed E-state index contributed by atoms with van der Waals surface area (Å²) in [5.74, 6) is -2.59. The second kappa shape index (κ2) is 7.35. The molecule has 8 heteroatoms. The summed E-state index contributed by atoms with van der Waals surface area (Å²) in [5, 5.41) is 9.30. The van der Waals surface area contributed by atoms with E-state index in [1.54, 1.807) is 20.8 Å². The lowest BCUT2D eigenvalue weighted by molar-refractivity contribution is -0.142. The fourth-order valence-corrected chi connectivity index (χ4v) is 2.52. The number of benzene rings is 1. The number of carboxylic acids is 1. The maximum absolute atomic E-state index is 13.6. The van der Waals surface area contributed by atoms with E-state index in [1.165, 1.54) is 6.07 Å². The average molecular weight is 357 g/mol. The molecule has 1 amide bonds. The molecule has 1 aromatic carbocycles. The van der Waals surface area contributed by atoms with Gasteiger partial charge in [-0.25, -0.2) is 18.4 Å². The molecule has 1 saturated heterocycles. The summed E-state index contributed by atoms with van der Waals surface area (Å²) in [5.41, 5.74) is -0.597. The third kappa shape index (κ3) is 5.12. The SMILES string of the molecule is CC(C)(C)OC(=O)N1C[C@H](OCc2ccc(F)cc2F)C[C@H]1C(=O)O. The van der Waals surface area contributed by atoms with Crippen LogP contribution in [0.4, 0.5) is 13.6 Å². The summed E-state index contributed by atoms with van der Waals surface area (Å²) in [4.78, 5) is 24.7. The van der Waals surface area contributed by atoms with Crippen molar-refractivity contribution in [3.63, 3.8) is 0 Å². The van der Waals surface area contributed by atoms with E-state index in [9.17, 15) is 23.5 Å². The number of carbonyl (C=O) groups is 2. The van der Waals surface area contributed by atoms with Crippen LogP contribution in [0.1, 0.15) is 32.8 Å². The Morgan fingerprint density at radius 2 is 2.00 bits per heavy atom. The van der Waals surface area contributed by atoms with Crippen LogP contribution in [0.2, 0.25) is 0 Å². The lowest BCUT2D eigenvalue weighted by Crippen LogP contribution is -2.43. The number of halogens is 2. The van der Waals surface area contributed by atoms with Crippen molar-refractivity contribution in [2.45, 2.75) is 51.5 Å². The summed E-state index contributed by atoms with van der Waals surface area (Å²) in [7, 11) is 0. The Kier molecular flexibility index (Phi) is 5.62. The summed E-state index contributed by atoms with van der Waals surface area (Å²) in [6, 6.07) is 2.06. The molecule has 1 aromatic rings. The van der Waals surface area contributed by atoms with Gasteiger partial charge in [-0.15, -0.1) is 0 Å². The van der Waals surface area contributed by atoms with Gasteiger partial charge in [0.15, 0.2) is 0 Å². The number of carboxylic acid groups (broad SMARTS) is 1. The van der Waals surface area contributed by atoms with Crippen molar-refractivity contribution in [2.24, 2.45) is 0 Å². The molecule has 1 fully saturated rings. The predicted molar refractivity (Wildman–Crippen MR) is 83.9 cm³/mol. The second-order valence-electron chi connectivity index (χ2n) is 6.89. The fourth-order valence-electron chi connectivity index (χ4n) is 2.52. The molecular formula is C17H21F2NO5. The first kappa shape index (κ1) is 19.1. The Morgan fingerprint density at radius 1 is 1.32 bits per heavy atom. The minimum atomic E-state index is -1.16. The smallest absolute Gasteiger partial charge is 0.411 e. The van der Waals surface area contributed by atoms with Crippen molar-refractivity contribution >= 4 is 12.1 Å². The molecule has 0 spiro atoms. The van der Waals surface area contributed by atoms with E-state index >= 15 is 0 Å². The van der Waals surface area contributed by atoms with Gasteiger partial charge in [0.2, 0.25) is 0 Å². The normalized spacial score (nSPS) is 20.6. The number of ether oxygens (including phenoxy) is 2. The molecule has 25 heavy (non-hydrogen) atoms. The second-order valence-corrected chi connectivity index (χ2v) is 6.89. The maximum atomic E-state index is 13.6. The minimum Gasteiger partial charge on any atom is -0.480 e. The lowest BCUT2D eigenvalue weighted by atomic mass is 10.2. The zero-order valence-electron chi connectivity index (χ0n) is 14.3. The highest BCUT2D eigenvalue weighted by Crippen LogP contribution is 2.24. The van der Waals surface area contributed by atoms with Crippen LogP contribution >= 0.6 is 0 Å². The molecule has 0 aromatic heterocycles. The van der Waals surface area contributed by atoms with Gasteiger partial charge in [-0.1, -0.05) is 6.07 Å². The number of carbonyl (C=O) groups excluding carboxylic acids is 1. The van der Waals surface area contributed by atoms with Crippen molar-refractivity contribution in [1.82, 2.24) is 4.90 Å². The van der Waals surface area contributed by atoms with Gasteiger partial charge in [-0.2, -0.15) is 0 Å². The quantitative estimate of drug-likeness (QED) is 0.897. The number of aliphatic carboxylic acids is 1. The average Bonchev–Trinajstić information content (AvgIpc) is 2.89. The predicted octanol–water partition coefficient (Wildman–Crippen LogP) is 2.94. The van der Waals surface area contributed by atoms with Gasteiger partial charge in [0.25, 0.3) is 0 Å². The first-order chi connectivity index (χ1) is 11.6. The number of rotatable bonds is 4. The fraction of sp³-hybridized carbons (Fsp3) is 0.529. The van der Waals surface area contributed by atoms with E-state index in [1.807, 2.05) is 0 Å². The van der Waals surface area contributed by atoms with Crippen molar-refractivity contribution in [3.05, 3.63) is 35.4 Å². The molecule has 138 valence electrons. The zero-order valence-corrected chi connectivity index (χ0v) is 14.3. The molecule has 0 bridgehead atoms. The van der Waals surface area contributed by atoms with Gasteiger partial charge in [0, 0.05) is 18.1 Å². The summed E-state index contributed by atoms with van der Waals surface area (Å²) >= 11 is 0. The molecular weight excluding hydrogens is 336 g/mol. The molecule has 2 rings (SSSR count). The van der Waals surface area contributed by atoms with E-state index < -0.39 is 41.4 Å². The van der Waals surface area contributed by atoms with Gasteiger partial charge in [0.1, 0.15) is 23.3 Å². The largest absolute Gasteiger partial charge is 0.480 e. The van der Waals surface area contributed by atoms with E-state index in [4.69, 9.17) is 9.47 Å². The van der Waals surface area contributed by atoms with Crippen molar-refractivity contribution in [1.29, 1.82) is 0 Å². The first-order valence-corrected chi connectivity index (χ1v) is 7.85. The number of hydrogen-bond acceptors (Lipinski definition) is 4. The van der Waals surface area contributed by atoms with Crippen LogP contribution in [0.15, 0.2) is 18.2 Å². The lowest BCUT2D eigenvalue weighted by Gasteiger charge is -2.26. The summed E-state index contributed by atoms with van der Waals surface area (Å²) in [6.07, 6.45) is -1.26. The zero-order chi connectivity index (χ0) is 18.8. The molecule has 1 aliphatic rings. The maximum Gasteiger partial charge on any atom is 0.411 e. The Morgan fingerprint density at radius 3 is 2.56 bits per heavy atom. The van der Waals surface area contributed by atoms with Gasteiger partial charge >= 0.3 is 12.1 Å². The van der Waals surface area contributed by atoms with Crippen LogP contribution in [-0.2, 0) is 20.9 Å². The van der Waals surface area contributed by atoms with Crippen LogP contribution < -0.4 is 0 Å². The van der Waals surface area contributed by atoms with Crippen LogP contribution in [0, 0.1) is 11.6 Å². The molecule has 1 aliphatic heterocycles. The Bertz CT molecular complexity index is 659. The highest BCUT2D eigenvalue weighted by molar-refractivity contribution is 5.81. The number of hydrogen-bond donors (Lipinski definition) is 1. The summed E-state index contributed by atoms with van der Waals surface area (Å²) in [6.45, 7) is 4.92. The molecule has 2 atom stereocenters. The first-order valence-electron chi connectivity index (χ1n) is 7.85. The molecule has 1 heterocycles. The Labute approximate surface area is 144 Å². The highest BCUT2D eigenvalue weighted by atomic mass is 19.1. The topological polar surface area (TPSA) is 76.1 Å². The third-order valence-electron chi connectivity index (χ3n) is 3.67. The third-order valence-corrected chi connectivity index (χ3v) is 3.67. The highest BCUT2D eigenvalue weighted by Gasteiger charge is 2.42. The van der Waals surface area contributed by atoms with Crippen LogP contribution in [0.25, 0.3) is 0 Å². The van der Waals surface area contributed by atoms with Crippen LogP contribution in [0.5, 0.6) is 0 Å². The molecule has 0 radical (unpaired) electrons. The molecule has 1 N–H and O–H groups in total. The van der Waals surface area contributed by atoms with E-state index in [2.05, 4.69) is 0 Å². The Hall–Kier alpha value is -2.22. The number of nitrogens with zero attached hydrogens (tertiary/aromatic N) is 1. The van der Waals surface area contributed by atoms with Gasteiger partial charge < -0.3 is 14.6 Å². The minimum absolute atomic E-state index is 0.0225. The molecule has 0 aliphatic carbocycles. The van der Waals surface area contributed by atoms with Crippen LogP contribution in [0.3, 0.4) is 0 Å². The van der Waals surface area contributed by atoms with Crippen LogP contribution in [-0.4, -0.2) is 46.4 Å². The van der Waals surface area contributed by atoms with E-state index in [0.717, 1.165) is 17.0 Å². The standard InChI is InChI=1S/C17H21F2NO5/c1-17(2,3)25-16(23)20-8-12(7-14(20)15(21)22)24-9-10-4-5-11(18)6-13(10)19/h4-6,12,14H,7-9H2,1-3H3,(H,21,22)/t12-,14+/m1/s1. The molecule has 0 unspecified atom stereocenters. The Balaban J connectivity index is 2.01. The van der Waals surface area contributed by atoms with Gasteiger partial charge in [-0.3, -0.25) is 4.90 Å². The van der Waals surface area contributed by atoms with Gasteiger partial charge in [-0.05, 0) is 26.8 Å². The van der Waals surface area contributed by atoms with Crippen molar-refractivity contribution in [2.75, 3.05) is 6.54 Å². The van der Waals surface area contributed by atoms with Crippen molar-refractivity contribution < 1.29 is 33.0 Å². The number of amides is 1. The van der Waals surface area contributed by atoms with E-state index in [-0.39, 0.29) is 25.1 Å². The summed E-state index contributed by atoms with van der Waals surface area (Å²) < 4.78 is 37.3.